The number of hydrogen-bond donors (Lipinski definition) is 1. The smallest absolute Gasteiger partial charge is 0.246 e. The summed E-state index contributed by atoms with van der Waals surface area (Å²) in [6.45, 7) is 3.66. The van der Waals surface area contributed by atoms with E-state index < -0.39 is 0 Å². The molecule has 6 nitrogen and oxygen atoms in total. The largest absolute Gasteiger partial charge is 0.356 e. The van der Waals surface area contributed by atoms with Gasteiger partial charge in [-0.15, -0.1) is 11.3 Å². The molecule has 0 bridgehead atoms. The molecule has 3 aromatic rings. The average molecular weight is 435 g/mol. The summed E-state index contributed by atoms with van der Waals surface area (Å²) in [7, 11) is 0. The van der Waals surface area contributed by atoms with Crippen molar-refractivity contribution in [1.82, 2.24) is 20.0 Å². The van der Waals surface area contributed by atoms with E-state index >= 15 is 0 Å². The minimum Gasteiger partial charge on any atom is -0.356 e. The summed E-state index contributed by atoms with van der Waals surface area (Å²) in [6, 6.07) is 14.0. The Hall–Kier alpha value is -3.19. The Morgan fingerprint density at radius 2 is 1.94 bits per heavy atom. The van der Waals surface area contributed by atoms with Crippen LogP contribution in [0.15, 0.2) is 60.1 Å². The number of benzene rings is 1. The highest BCUT2D eigenvalue weighted by molar-refractivity contribution is 7.13. The molecule has 1 saturated heterocycles. The summed E-state index contributed by atoms with van der Waals surface area (Å²) in [5.74, 6) is 0.452. The molecule has 0 unspecified atom stereocenters. The van der Waals surface area contributed by atoms with Crippen molar-refractivity contribution < 1.29 is 9.59 Å². The molecule has 1 aromatic carbocycles. The van der Waals surface area contributed by atoms with Crippen molar-refractivity contribution >= 4 is 29.2 Å². The van der Waals surface area contributed by atoms with E-state index in [9.17, 15) is 9.59 Å². The molecule has 1 aliphatic heterocycles. The monoisotopic (exact) mass is 434 g/mol. The predicted octanol–water partition coefficient (Wildman–Crippen LogP) is 3.99. The predicted molar refractivity (Wildman–Crippen MR) is 124 cm³/mol. The topological polar surface area (TPSA) is 67.2 Å². The van der Waals surface area contributed by atoms with E-state index in [4.69, 9.17) is 5.10 Å². The number of para-hydroxylation sites is 1. The lowest BCUT2D eigenvalue weighted by atomic mass is 9.96. The van der Waals surface area contributed by atoms with Crippen molar-refractivity contribution in [3.63, 3.8) is 0 Å². The SMILES string of the molecule is CC(=O)NCC1CCN(C(=O)/C=C/c2cn(-c3ccccc3)nc2-c2cccs2)CC1. The Labute approximate surface area is 186 Å². The van der Waals surface area contributed by atoms with Crippen LogP contribution < -0.4 is 5.32 Å². The number of nitrogens with zero attached hydrogens (tertiary/aromatic N) is 3. The van der Waals surface area contributed by atoms with Gasteiger partial charge in [0.1, 0.15) is 5.69 Å². The van der Waals surface area contributed by atoms with Crippen LogP contribution in [0.4, 0.5) is 0 Å². The third-order valence-electron chi connectivity index (χ3n) is 5.49. The average Bonchev–Trinajstić information content (AvgIpc) is 3.47. The quantitative estimate of drug-likeness (QED) is 0.597. The van der Waals surface area contributed by atoms with Crippen molar-refractivity contribution in [2.24, 2.45) is 5.92 Å². The Balaban J connectivity index is 1.46. The zero-order valence-electron chi connectivity index (χ0n) is 17.5. The molecule has 1 aliphatic rings. The van der Waals surface area contributed by atoms with Gasteiger partial charge in [0.25, 0.3) is 0 Å². The maximum Gasteiger partial charge on any atom is 0.246 e. The molecular formula is C24H26N4O2S. The number of thiophene rings is 1. The van der Waals surface area contributed by atoms with Gasteiger partial charge in [-0.2, -0.15) is 5.10 Å². The molecule has 7 heteroatoms. The number of piperidine rings is 1. The molecule has 31 heavy (non-hydrogen) atoms. The molecule has 2 amide bonds. The highest BCUT2D eigenvalue weighted by Crippen LogP contribution is 2.28. The summed E-state index contributed by atoms with van der Waals surface area (Å²) in [5.41, 5.74) is 2.77. The molecule has 0 saturated carbocycles. The van der Waals surface area contributed by atoms with Gasteiger partial charge in [0.05, 0.1) is 10.6 Å². The molecule has 0 radical (unpaired) electrons. The maximum atomic E-state index is 12.8. The molecule has 3 heterocycles. The lowest BCUT2D eigenvalue weighted by molar-refractivity contribution is -0.127. The lowest BCUT2D eigenvalue weighted by Crippen LogP contribution is -2.40. The number of carbonyl (C=O) groups excluding carboxylic acids is 2. The third kappa shape index (κ3) is 5.30. The first kappa shape index (κ1) is 21.1. The Bertz CT molecular complexity index is 1050. The molecule has 1 fully saturated rings. The molecule has 0 aliphatic carbocycles. The van der Waals surface area contributed by atoms with Gasteiger partial charge in [0.2, 0.25) is 11.8 Å². The van der Waals surface area contributed by atoms with Crippen LogP contribution in [0, 0.1) is 5.92 Å². The Morgan fingerprint density at radius 1 is 1.16 bits per heavy atom. The second-order valence-electron chi connectivity index (χ2n) is 7.73. The fraction of sp³-hybridized carbons (Fsp3) is 0.292. The van der Waals surface area contributed by atoms with E-state index in [0.29, 0.717) is 25.6 Å². The normalized spacial score (nSPS) is 14.8. The van der Waals surface area contributed by atoms with E-state index in [-0.39, 0.29) is 11.8 Å². The van der Waals surface area contributed by atoms with Crippen LogP contribution in [0.25, 0.3) is 22.3 Å². The number of aromatic nitrogens is 2. The second kappa shape index (κ2) is 9.75. The van der Waals surface area contributed by atoms with Crippen molar-refractivity contribution in [3.05, 3.63) is 65.7 Å². The van der Waals surface area contributed by atoms with Gasteiger partial charge < -0.3 is 10.2 Å². The number of carbonyl (C=O) groups is 2. The molecule has 0 atom stereocenters. The number of hydrogen-bond acceptors (Lipinski definition) is 4. The first-order chi connectivity index (χ1) is 15.1. The van der Waals surface area contributed by atoms with E-state index in [1.54, 1.807) is 17.4 Å². The third-order valence-corrected chi connectivity index (χ3v) is 6.37. The molecule has 160 valence electrons. The van der Waals surface area contributed by atoms with Crippen LogP contribution in [-0.2, 0) is 9.59 Å². The van der Waals surface area contributed by atoms with Gasteiger partial charge in [-0.3, -0.25) is 9.59 Å². The van der Waals surface area contributed by atoms with Gasteiger partial charge in [-0.25, -0.2) is 4.68 Å². The highest BCUT2D eigenvalue weighted by atomic mass is 32.1. The Kier molecular flexibility index (Phi) is 6.62. The molecule has 1 N–H and O–H groups in total. The summed E-state index contributed by atoms with van der Waals surface area (Å²) in [5, 5.41) is 9.68. The van der Waals surface area contributed by atoms with Crippen LogP contribution in [0.1, 0.15) is 25.3 Å². The van der Waals surface area contributed by atoms with Crippen LogP contribution >= 0.6 is 11.3 Å². The summed E-state index contributed by atoms with van der Waals surface area (Å²) >= 11 is 1.63. The van der Waals surface area contributed by atoms with Crippen molar-refractivity contribution in [1.29, 1.82) is 0 Å². The second-order valence-corrected chi connectivity index (χ2v) is 8.68. The number of amides is 2. The molecule has 2 aromatic heterocycles. The lowest BCUT2D eigenvalue weighted by Gasteiger charge is -2.31. The minimum absolute atomic E-state index is 0.000895. The van der Waals surface area contributed by atoms with Gasteiger partial charge in [0.15, 0.2) is 0 Å². The Morgan fingerprint density at radius 3 is 2.61 bits per heavy atom. The molecule has 0 spiro atoms. The first-order valence-corrected chi connectivity index (χ1v) is 11.4. The first-order valence-electron chi connectivity index (χ1n) is 10.5. The van der Waals surface area contributed by atoms with E-state index in [2.05, 4.69) is 5.32 Å². The molecule has 4 rings (SSSR count). The van der Waals surface area contributed by atoms with Gasteiger partial charge in [-0.05, 0) is 48.4 Å². The zero-order valence-corrected chi connectivity index (χ0v) is 18.3. The van der Waals surface area contributed by atoms with E-state index in [1.165, 1.54) is 6.92 Å². The van der Waals surface area contributed by atoms with Gasteiger partial charge in [0, 0.05) is 44.4 Å². The van der Waals surface area contributed by atoms with Crippen molar-refractivity contribution in [2.75, 3.05) is 19.6 Å². The maximum absolute atomic E-state index is 12.8. The summed E-state index contributed by atoms with van der Waals surface area (Å²) in [4.78, 5) is 26.8. The zero-order chi connectivity index (χ0) is 21.6. The van der Waals surface area contributed by atoms with Crippen LogP contribution in [0.3, 0.4) is 0 Å². The van der Waals surface area contributed by atoms with Crippen LogP contribution in [0.5, 0.6) is 0 Å². The van der Waals surface area contributed by atoms with E-state index in [1.807, 2.05) is 69.7 Å². The number of nitrogens with one attached hydrogen (secondary N) is 1. The summed E-state index contributed by atoms with van der Waals surface area (Å²) in [6.07, 6.45) is 7.30. The van der Waals surface area contributed by atoms with Crippen molar-refractivity contribution in [3.8, 4) is 16.3 Å². The standard InChI is InChI=1S/C24H26N4O2S/c1-18(29)25-16-19-11-13-27(14-12-19)23(30)10-9-20-17-28(21-6-3-2-4-7-21)26-24(20)22-8-5-15-31-22/h2-10,15,17,19H,11-14,16H2,1H3,(H,25,29)/b10-9+. The van der Waals surface area contributed by atoms with Crippen LogP contribution in [-0.4, -0.2) is 46.1 Å². The number of likely N-dealkylation sites (tertiary alicyclic amines) is 1. The van der Waals surface area contributed by atoms with E-state index in [0.717, 1.165) is 34.7 Å². The summed E-state index contributed by atoms with van der Waals surface area (Å²) < 4.78 is 1.85. The highest BCUT2D eigenvalue weighted by Gasteiger charge is 2.22. The van der Waals surface area contributed by atoms with Crippen LogP contribution in [0.2, 0.25) is 0 Å². The van der Waals surface area contributed by atoms with Gasteiger partial charge >= 0.3 is 0 Å². The fourth-order valence-electron chi connectivity index (χ4n) is 3.74. The number of rotatable bonds is 6. The van der Waals surface area contributed by atoms with Crippen molar-refractivity contribution in [2.45, 2.75) is 19.8 Å². The minimum atomic E-state index is -0.000895. The fourth-order valence-corrected chi connectivity index (χ4v) is 4.47. The van der Waals surface area contributed by atoms with Gasteiger partial charge in [-0.1, -0.05) is 24.3 Å². The molecular weight excluding hydrogens is 408 g/mol.